The summed E-state index contributed by atoms with van der Waals surface area (Å²) in [5, 5.41) is 3.03. The second-order valence-electron chi connectivity index (χ2n) is 4.77. The molecular formula is C12H20N4O. The highest BCUT2D eigenvalue weighted by atomic mass is 16.2. The lowest BCUT2D eigenvalue weighted by molar-refractivity contribution is 0.0920. The molecule has 0 bridgehead atoms. The number of amides is 1. The third-order valence-electron chi connectivity index (χ3n) is 3.44. The van der Waals surface area contributed by atoms with Gasteiger partial charge >= 0.3 is 0 Å². The lowest BCUT2D eigenvalue weighted by atomic mass is 10.0. The summed E-state index contributed by atoms with van der Waals surface area (Å²) in [6, 6.07) is 0.176. The predicted octanol–water partition coefficient (Wildman–Crippen LogP) is 0.810. The van der Waals surface area contributed by atoms with Crippen LogP contribution >= 0.6 is 0 Å². The van der Waals surface area contributed by atoms with E-state index in [1.165, 1.54) is 12.8 Å². The van der Waals surface area contributed by atoms with E-state index in [0.29, 0.717) is 5.69 Å². The van der Waals surface area contributed by atoms with Crippen molar-refractivity contribution in [2.45, 2.75) is 44.2 Å². The highest BCUT2D eigenvalue weighted by Crippen LogP contribution is 2.17. The lowest BCUT2D eigenvalue weighted by Gasteiger charge is -2.22. The minimum Gasteiger partial charge on any atom is -0.346 e. The Morgan fingerprint density at radius 1 is 1.47 bits per heavy atom. The number of carbonyl (C=O) groups excluding carboxylic acids is 1. The third kappa shape index (κ3) is 2.85. The Morgan fingerprint density at radius 2 is 2.24 bits per heavy atom. The Labute approximate surface area is 101 Å². The van der Waals surface area contributed by atoms with Crippen molar-refractivity contribution in [3.05, 3.63) is 18.2 Å². The van der Waals surface area contributed by atoms with E-state index in [4.69, 9.17) is 5.73 Å². The van der Waals surface area contributed by atoms with E-state index in [1.807, 2.05) is 7.05 Å². The summed E-state index contributed by atoms with van der Waals surface area (Å²) < 4.78 is 1.72. The summed E-state index contributed by atoms with van der Waals surface area (Å²) in [6.45, 7) is 0. The SMILES string of the molecule is Cn1cncc1C(=O)NC1CCCCCC1N. The predicted molar refractivity (Wildman–Crippen MR) is 65.5 cm³/mol. The van der Waals surface area contributed by atoms with Crippen molar-refractivity contribution >= 4 is 5.91 Å². The molecule has 0 radical (unpaired) electrons. The first-order valence-corrected chi connectivity index (χ1v) is 6.21. The zero-order valence-electron chi connectivity index (χ0n) is 10.2. The smallest absolute Gasteiger partial charge is 0.269 e. The Kier molecular flexibility index (Phi) is 3.78. The van der Waals surface area contributed by atoms with E-state index in [9.17, 15) is 4.79 Å². The first-order chi connectivity index (χ1) is 8.18. The van der Waals surface area contributed by atoms with E-state index in [2.05, 4.69) is 10.3 Å². The van der Waals surface area contributed by atoms with Gasteiger partial charge in [-0.1, -0.05) is 19.3 Å². The number of nitrogens with zero attached hydrogens (tertiary/aromatic N) is 2. The van der Waals surface area contributed by atoms with E-state index in [1.54, 1.807) is 17.1 Å². The number of rotatable bonds is 2. The number of hydrogen-bond acceptors (Lipinski definition) is 3. The van der Waals surface area contributed by atoms with Crippen molar-refractivity contribution in [1.82, 2.24) is 14.9 Å². The molecular weight excluding hydrogens is 216 g/mol. The monoisotopic (exact) mass is 236 g/mol. The first-order valence-electron chi connectivity index (χ1n) is 6.21. The molecule has 0 aliphatic heterocycles. The summed E-state index contributed by atoms with van der Waals surface area (Å²) in [5.41, 5.74) is 6.67. The van der Waals surface area contributed by atoms with Crippen LogP contribution < -0.4 is 11.1 Å². The van der Waals surface area contributed by atoms with Crippen LogP contribution in [-0.4, -0.2) is 27.5 Å². The molecule has 1 aliphatic rings. The average molecular weight is 236 g/mol. The van der Waals surface area contributed by atoms with Crippen molar-refractivity contribution in [1.29, 1.82) is 0 Å². The van der Waals surface area contributed by atoms with Crippen molar-refractivity contribution in [2.75, 3.05) is 0 Å². The van der Waals surface area contributed by atoms with Gasteiger partial charge in [0.15, 0.2) is 0 Å². The molecule has 0 saturated heterocycles. The van der Waals surface area contributed by atoms with Gasteiger partial charge in [0.1, 0.15) is 5.69 Å². The largest absolute Gasteiger partial charge is 0.346 e. The molecule has 94 valence electrons. The Morgan fingerprint density at radius 3 is 2.94 bits per heavy atom. The Balaban J connectivity index is 2.00. The number of nitrogens with one attached hydrogen (secondary N) is 1. The van der Waals surface area contributed by atoms with Gasteiger partial charge in [0, 0.05) is 19.1 Å². The number of aromatic nitrogens is 2. The molecule has 1 aliphatic carbocycles. The van der Waals surface area contributed by atoms with Crippen LogP contribution in [0, 0.1) is 0 Å². The number of nitrogens with two attached hydrogens (primary N) is 1. The summed E-state index contributed by atoms with van der Waals surface area (Å²) in [6.07, 6.45) is 8.70. The summed E-state index contributed by atoms with van der Waals surface area (Å²) in [7, 11) is 1.81. The van der Waals surface area contributed by atoms with Gasteiger partial charge in [0.25, 0.3) is 5.91 Å². The fourth-order valence-corrected chi connectivity index (χ4v) is 2.33. The van der Waals surface area contributed by atoms with Crippen LogP contribution in [0.5, 0.6) is 0 Å². The van der Waals surface area contributed by atoms with Gasteiger partial charge in [-0.15, -0.1) is 0 Å². The maximum atomic E-state index is 12.0. The molecule has 5 nitrogen and oxygen atoms in total. The molecule has 0 aromatic carbocycles. The second-order valence-corrected chi connectivity index (χ2v) is 4.77. The van der Waals surface area contributed by atoms with Gasteiger partial charge in [-0.2, -0.15) is 0 Å². The van der Waals surface area contributed by atoms with Crippen LogP contribution in [0.15, 0.2) is 12.5 Å². The molecule has 0 spiro atoms. The standard InChI is InChI=1S/C12H20N4O/c1-16-8-14-7-11(16)12(17)15-10-6-4-2-3-5-9(10)13/h7-10H,2-6,13H2,1H3,(H,15,17). The highest BCUT2D eigenvalue weighted by Gasteiger charge is 2.23. The van der Waals surface area contributed by atoms with E-state index in [-0.39, 0.29) is 18.0 Å². The number of imidazole rings is 1. The molecule has 2 unspecified atom stereocenters. The summed E-state index contributed by atoms with van der Waals surface area (Å²) >= 11 is 0. The molecule has 2 rings (SSSR count). The number of hydrogen-bond donors (Lipinski definition) is 2. The molecule has 1 amide bonds. The van der Waals surface area contributed by atoms with Crippen molar-refractivity contribution < 1.29 is 4.79 Å². The third-order valence-corrected chi connectivity index (χ3v) is 3.44. The summed E-state index contributed by atoms with van der Waals surface area (Å²) in [5.74, 6) is -0.0765. The zero-order valence-corrected chi connectivity index (χ0v) is 10.2. The second kappa shape index (κ2) is 5.31. The van der Waals surface area contributed by atoms with Crippen LogP contribution in [0.2, 0.25) is 0 Å². The van der Waals surface area contributed by atoms with Crippen LogP contribution in [0.4, 0.5) is 0 Å². The molecule has 2 atom stereocenters. The lowest BCUT2D eigenvalue weighted by Crippen LogP contribution is -2.47. The fourth-order valence-electron chi connectivity index (χ4n) is 2.33. The van der Waals surface area contributed by atoms with Gasteiger partial charge in [0.05, 0.1) is 12.5 Å². The molecule has 1 heterocycles. The quantitative estimate of drug-likeness (QED) is 0.746. The average Bonchev–Trinajstić information content (AvgIpc) is 2.63. The molecule has 3 N–H and O–H groups in total. The molecule has 1 fully saturated rings. The van der Waals surface area contributed by atoms with E-state index >= 15 is 0 Å². The molecule has 5 heteroatoms. The Hall–Kier alpha value is -1.36. The van der Waals surface area contributed by atoms with E-state index in [0.717, 1.165) is 19.3 Å². The van der Waals surface area contributed by atoms with Gasteiger partial charge in [0.2, 0.25) is 0 Å². The van der Waals surface area contributed by atoms with Gasteiger partial charge in [-0.05, 0) is 12.8 Å². The van der Waals surface area contributed by atoms with Gasteiger partial charge < -0.3 is 15.6 Å². The van der Waals surface area contributed by atoms with Crippen LogP contribution in [0.3, 0.4) is 0 Å². The molecule has 1 aromatic rings. The highest BCUT2D eigenvalue weighted by molar-refractivity contribution is 5.92. The number of carbonyl (C=O) groups is 1. The topological polar surface area (TPSA) is 72.9 Å². The maximum absolute atomic E-state index is 12.0. The van der Waals surface area contributed by atoms with Gasteiger partial charge in [-0.25, -0.2) is 4.98 Å². The van der Waals surface area contributed by atoms with Crippen LogP contribution in [0.1, 0.15) is 42.6 Å². The molecule has 1 saturated carbocycles. The minimum absolute atomic E-state index is 0.0765. The van der Waals surface area contributed by atoms with Crippen molar-refractivity contribution in [3.8, 4) is 0 Å². The minimum atomic E-state index is -0.0765. The maximum Gasteiger partial charge on any atom is 0.269 e. The van der Waals surface area contributed by atoms with E-state index < -0.39 is 0 Å². The normalized spacial score (nSPS) is 25.3. The van der Waals surface area contributed by atoms with Gasteiger partial charge in [-0.3, -0.25) is 4.79 Å². The molecule has 1 aromatic heterocycles. The van der Waals surface area contributed by atoms with Crippen LogP contribution in [-0.2, 0) is 7.05 Å². The van der Waals surface area contributed by atoms with Crippen LogP contribution in [0.25, 0.3) is 0 Å². The zero-order chi connectivity index (χ0) is 12.3. The van der Waals surface area contributed by atoms with Crippen molar-refractivity contribution in [2.24, 2.45) is 12.8 Å². The summed E-state index contributed by atoms with van der Waals surface area (Å²) in [4.78, 5) is 16.0. The fraction of sp³-hybridized carbons (Fsp3) is 0.667. The Bertz CT molecular complexity index is 388. The van der Waals surface area contributed by atoms with Crippen molar-refractivity contribution in [3.63, 3.8) is 0 Å². The first kappa shape index (κ1) is 12.1. The number of aryl methyl sites for hydroxylation is 1. The molecule has 17 heavy (non-hydrogen) atoms.